The van der Waals surface area contributed by atoms with Gasteiger partial charge in [0.25, 0.3) is 0 Å². The first-order valence-electron chi connectivity index (χ1n) is 8.83. The van der Waals surface area contributed by atoms with Gasteiger partial charge in [-0.3, -0.25) is 4.90 Å². The third-order valence-electron chi connectivity index (χ3n) is 4.75. The maximum Gasteiger partial charge on any atom is 0.189 e. The van der Waals surface area contributed by atoms with Gasteiger partial charge in [0.2, 0.25) is 0 Å². The minimum absolute atomic E-state index is 0.843. The first-order chi connectivity index (χ1) is 12.7. The zero-order valence-electron chi connectivity index (χ0n) is 14.8. The molecule has 0 aliphatic carbocycles. The van der Waals surface area contributed by atoms with Crippen molar-refractivity contribution in [1.29, 1.82) is 0 Å². The van der Waals surface area contributed by atoms with Gasteiger partial charge in [-0.1, -0.05) is 27.7 Å². The van der Waals surface area contributed by atoms with Crippen LogP contribution in [0.2, 0.25) is 0 Å². The van der Waals surface area contributed by atoms with Crippen LogP contribution in [-0.2, 0) is 0 Å². The second kappa shape index (κ2) is 8.08. The number of hydrogen-bond acceptors (Lipinski definition) is 5. The number of rotatable bonds is 5. The SMILES string of the molecule is CN1CCN(CCSc2nccc(-n3ccc4cc(Br)ccc43)n2)CC1. The molecule has 1 fully saturated rings. The fourth-order valence-corrected chi connectivity index (χ4v) is 4.39. The lowest BCUT2D eigenvalue weighted by Crippen LogP contribution is -2.45. The lowest BCUT2D eigenvalue weighted by atomic mass is 10.2. The van der Waals surface area contributed by atoms with Gasteiger partial charge in [0, 0.05) is 60.7 Å². The summed E-state index contributed by atoms with van der Waals surface area (Å²) in [7, 11) is 2.19. The Kier molecular flexibility index (Phi) is 5.59. The van der Waals surface area contributed by atoms with Crippen LogP contribution in [0.5, 0.6) is 0 Å². The van der Waals surface area contributed by atoms with Crippen molar-refractivity contribution in [2.24, 2.45) is 0 Å². The van der Waals surface area contributed by atoms with Gasteiger partial charge in [-0.25, -0.2) is 9.97 Å². The van der Waals surface area contributed by atoms with E-state index in [2.05, 4.69) is 72.8 Å². The third-order valence-corrected chi connectivity index (χ3v) is 6.09. The molecule has 4 rings (SSSR count). The number of halogens is 1. The maximum atomic E-state index is 4.76. The average molecular weight is 432 g/mol. The maximum absolute atomic E-state index is 4.76. The Labute approximate surface area is 166 Å². The summed E-state index contributed by atoms with van der Waals surface area (Å²) in [6, 6.07) is 10.4. The van der Waals surface area contributed by atoms with Gasteiger partial charge in [0.05, 0.1) is 5.52 Å². The van der Waals surface area contributed by atoms with Gasteiger partial charge in [-0.05, 0) is 37.4 Å². The van der Waals surface area contributed by atoms with Crippen molar-refractivity contribution in [3.8, 4) is 5.82 Å². The molecule has 5 nitrogen and oxygen atoms in total. The summed E-state index contributed by atoms with van der Waals surface area (Å²) in [5.74, 6) is 1.94. The number of benzene rings is 1. The number of nitrogens with zero attached hydrogens (tertiary/aromatic N) is 5. The molecule has 7 heteroatoms. The van der Waals surface area contributed by atoms with Crippen LogP contribution in [0.3, 0.4) is 0 Å². The molecule has 0 saturated carbocycles. The van der Waals surface area contributed by atoms with E-state index in [9.17, 15) is 0 Å². The summed E-state index contributed by atoms with van der Waals surface area (Å²) in [6.45, 7) is 5.72. The van der Waals surface area contributed by atoms with Crippen molar-refractivity contribution in [3.63, 3.8) is 0 Å². The summed E-state index contributed by atoms with van der Waals surface area (Å²) in [5.41, 5.74) is 1.15. The quantitative estimate of drug-likeness (QED) is 0.456. The van der Waals surface area contributed by atoms with Crippen molar-refractivity contribution in [1.82, 2.24) is 24.3 Å². The number of thioether (sulfide) groups is 1. The Hall–Kier alpha value is -1.41. The normalized spacial score (nSPS) is 16.4. The lowest BCUT2D eigenvalue weighted by Gasteiger charge is -2.32. The molecule has 0 radical (unpaired) electrons. The molecule has 0 N–H and O–H groups in total. The van der Waals surface area contributed by atoms with Gasteiger partial charge in [0.1, 0.15) is 5.82 Å². The third kappa shape index (κ3) is 4.11. The topological polar surface area (TPSA) is 37.2 Å². The molecule has 0 spiro atoms. The summed E-state index contributed by atoms with van der Waals surface area (Å²) in [4.78, 5) is 14.1. The summed E-state index contributed by atoms with van der Waals surface area (Å²) in [6.07, 6.45) is 3.92. The molecule has 1 aliphatic heterocycles. The van der Waals surface area contributed by atoms with Crippen molar-refractivity contribution in [3.05, 3.63) is 47.2 Å². The van der Waals surface area contributed by atoms with Crippen molar-refractivity contribution < 1.29 is 0 Å². The van der Waals surface area contributed by atoms with Gasteiger partial charge in [-0.15, -0.1) is 0 Å². The second-order valence-electron chi connectivity index (χ2n) is 6.58. The van der Waals surface area contributed by atoms with E-state index in [-0.39, 0.29) is 0 Å². The molecule has 26 heavy (non-hydrogen) atoms. The van der Waals surface area contributed by atoms with Crippen molar-refractivity contribution in [2.75, 3.05) is 45.5 Å². The fourth-order valence-electron chi connectivity index (χ4n) is 3.19. The van der Waals surface area contributed by atoms with E-state index in [0.717, 1.165) is 59.4 Å². The molecule has 136 valence electrons. The highest BCUT2D eigenvalue weighted by molar-refractivity contribution is 9.10. The molecule has 0 amide bonds. The van der Waals surface area contributed by atoms with Crippen LogP contribution < -0.4 is 0 Å². The first-order valence-corrected chi connectivity index (χ1v) is 10.6. The molecular formula is C19H22BrN5S. The Morgan fingerprint density at radius 3 is 2.81 bits per heavy atom. The number of fused-ring (bicyclic) bond motifs is 1. The molecule has 0 unspecified atom stereocenters. The highest BCUT2D eigenvalue weighted by atomic mass is 79.9. The van der Waals surface area contributed by atoms with Gasteiger partial charge in [0.15, 0.2) is 5.16 Å². The van der Waals surface area contributed by atoms with Crippen LogP contribution in [0, 0.1) is 0 Å². The zero-order valence-corrected chi connectivity index (χ0v) is 17.2. The molecular weight excluding hydrogens is 410 g/mol. The summed E-state index contributed by atoms with van der Waals surface area (Å²) < 4.78 is 3.21. The standard InChI is InChI=1S/C19H22BrN5S/c1-23-8-10-24(11-9-23)12-13-26-19-21-6-4-18(22-19)25-7-5-15-14-16(20)2-3-17(15)25/h2-7,14H,8-13H2,1H3. The van der Waals surface area contributed by atoms with Crippen LogP contribution in [0.1, 0.15) is 0 Å². The minimum atomic E-state index is 0.843. The number of piperazine rings is 1. The Morgan fingerprint density at radius 1 is 1.12 bits per heavy atom. The van der Waals surface area contributed by atoms with E-state index in [1.807, 2.05) is 12.3 Å². The monoisotopic (exact) mass is 431 g/mol. The molecule has 1 saturated heterocycles. The molecule has 1 aromatic carbocycles. The summed E-state index contributed by atoms with van der Waals surface area (Å²) >= 11 is 5.26. The number of hydrogen-bond donors (Lipinski definition) is 0. The fraction of sp³-hybridized carbons (Fsp3) is 0.368. The molecule has 3 aromatic rings. The van der Waals surface area contributed by atoms with E-state index < -0.39 is 0 Å². The highest BCUT2D eigenvalue weighted by Crippen LogP contribution is 2.24. The largest absolute Gasteiger partial charge is 0.304 e. The zero-order chi connectivity index (χ0) is 17.9. The van der Waals surface area contributed by atoms with E-state index >= 15 is 0 Å². The van der Waals surface area contributed by atoms with Gasteiger partial charge >= 0.3 is 0 Å². The van der Waals surface area contributed by atoms with Crippen molar-refractivity contribution in [2.45, 2.75) is 5.16 Å². The predicted molar refractivity (Wildman–Crippen MR) is 111 cm³/mol. The smallest absolute Gasteiger partial charge is 0.189 e. The second-order valence-corrected chi connectivity index (χ2v) is 8.56. The van der Waals surface area contributed by atoms with Crippen LogP contribution >= 0.6 is 27.7 Å². The average Bonchev–Trinajstić information content (AvgIpc) is 3.07. The highest BCUT2D eigenvalue weighted by Gasteiger charge is 2.13. The van der Waals surface area contributed by atoms with Gasteiger partial charge < -0.3 is 9.47 Å². The van der Waals surface area contributed by atoms with E-state index in [1.165, 1.54) is 5.39 Å². The predicted octanol–water partition coefficient (Wildman–Crippen LogP) is 3.52. The van der Waals surface area contributed by atoms with Crippen molar-refractivity contribution >= 4 is 38.6 Å². The number of aromatic nitrogens is 3. The molecule has 0 bridgehead atoms. The molecule has 1 aliphatic rings. The molecule has 3 heterocycles. The number of likely N-dealkylation sites (N-methyl/N-ethyl adjacent to an activating group) is 1. The van der Waals surface area contributed by atoms with Gasteiger partial charge in [-0.2, -0.15) is 0 Å². The molecule has 0 atom stereocenters. The Bertz CT molecular complexity index is 889. The van der Waals surface area contributed by atoms with Crippen LogP contribution in [-0.4, -0.2) is 69.9 Å². The minimum Gasteiger partial charge on any atom is -0.304 e. The summed E-state index contributed by atoms with van der Waals surface area (Å²) in [5, 5.41) is 2.04. The Morgan fingerprint density at radius 2 is 1.96 bits per heavy atom. The first kappa shape index (κ1) is 18.0. The Balaban J connectivity index is 1.43. The van der Waals surface area contributed by atoms with Crippen LogP contribution in [0.4, 0.5) is 0 Å². The molecule has 2 aromatic heterocycles. The lowest BCUT2D eigenvalue weighted by molar-refractivity contribution is 0.161. The van der Waals surface area contributed by atoms with E-state index in [4.69, 9.17) is 4.98 Å². The van der Waals surface area contributed by atoms with E-state index in [1.54, 1.807) is 11.8 Å². The van der Waals surface area contributed by atoms with Crippen LogP contribution in [0.15, 0.2) is 52.4 Å². The van der Waals surface area contributed by atoms with E-state index in [0.29, 0.717) is 0 Å². The van der Waals surface area contributed by atoms with Crippen LogP contribution in [0.25, 0.3) is 16.7 Å².